The Balaban J connectivity index is 1.37. The summed E-state index contributed by atoms with van der Waals surface area (Å²) in [5, 5.41) is 10.1. The van der Waals surface area contributed by atoms with Crippen molar-refractivity contribution >= 4 is 43.1 Å². The summed E-state index contributed by atoms with van der Waals surface area (Å²) in [5.41, 5.74) is 9.94. The number of hydrogen-bond donors (Lipinski definition) is 0. The number of benzene rings is 9. The Labute approximate surface area is 268 Å². The van der Waals surface area contributed by atoms with E-state index in [9.17, 15) is 0 Å². The predicted molar refractivity (Wildman–Crippen MR) is 198 cm³/mol. The molecule has 0 spiro atoms. The number of fused-ring (bicyclic) bond motifs is 4. The van der Waals surface area contributed by atoms with Crippen LogP contribution in [0.2, 0.25) is 0 Å². The first-order chi connectivity index (χ1) is 22.8. The molecule has 46 heavy (non-hydrogen) atoms. The van der Waals surface area contributed by atoms with Crippen molar-refractivity contribution < 1.29 is 0 Å². The minimum atomic E-state index is 1.22. The van der Waals surface area contributed by atoms with Crippen LogP contribution in [-0.4, -0.2) is 0 Å². The van der Waals surface area contributed by atoms with Crippen molar-refractivity contribution in [2.75, 3.05) is 0 Å². The fourth-order valence-corrected chi connectivity index (χ4v) is 7.27. The van der Waals surface area contributed by atoms with Gasteiger partial charge in [-0.05, 0) is 106 Å². The van der Waals surface area contributed by atoms with Crippen molar-refractivity contribution in [3.63, 3.8) is 0 Å². The van der Waals surface area contributed by atoms with Crippen molar-refractivity contribution in [3.8, 4) is 44.5 Å². The molecule has 0 amide bonds. The van der Waals surface area contributed by atoms with E-state index in [0.717, 1.165) is 0 Å². The first kappa shape index (κ1) is 26.4. The molecule has 0 N–H and O–H groups in total. The summed E-state index contributed by atoms with van der Waals surface area (Å²) in [6.45, 7) is 0. The molecule has 9 aromatic rings. The van der Waals surface area contributed by atoms with E-state index in [1.54, 1.807) is 0 Å². The van der Waals surface area contributed by atoms with Gasteiger partial charge in [-0.25, -0.2) is 0 Å². The second-order valence-electron chi connectivity index (χ2n) is 12.1. The molecular formula is C46H30. The molecule has 0 radical (unpaired) electrons. The Morgan fingerprint density at radius 2 is 0.761 bits per heavy atom. The highest BCUT2D eigenvalue weighted by Gasteiger charge is 2.18. The van der Waals surface area contributed by atoms with Gasteiger partial charge in [0.1, 0.15) is 0 Å². The van der Waals surface area contributed by atoms with E-state index < -0.39 is 0 Å². The fourth-order valence-electron chi connectivity index (χ4n) is 7.27. The van der Waals surface area contributed by atoms with E-state index in [2.05, 4.69) is 182 Å². The number of hydrogen-bond acceptors (Lipinski definition) is 0. The van der Waals surface area contributed by atoms with Crippen LogP contribution in [0.3, 0.4) is 0 Å². The molecule has 0 aliphatic rings. The van der Waals surface area contributed by atoms with Crippen molar-refractivity contribution in [2.24, 2.45) is 0 Å². The van der Waals surface area contributed by atoms with Crippen LogP contribution < -0.4 is 0 Å². The molecular weight excluding hydrogens is 553 g/mol. The lowest BCUT2D eigenvalue weighted by Gasteiger charge is -2.19. The normalized spacial score (nSPS) is 11.5. The summed E-state index contributed by atoms with van der Waals surface area (Å²) < 4.78 is 0. The lowest BCUT2D eigenvalue weighted by molar-refractivity contribution is 1.62. The molecule has 0 fully saturated rings. The van der Waals surface area contributed by atoms with Gasteiger partial charge in [0.15, 0.2) is 0 Å². The van der Waals surface area contributed by atoms with E-state index in [4.69, 9.17) is 0 Å². The van der Waals surface area contributed by atoms with E-state index in [1.807, 2.05) is 0 Å². The van der Waals surface area contributed by atoms with Crippen LogP contribution in [0, 0.1) is 0 Å². The predicted octanol–water partition coefficient (Wildman–Crippen LogP) is 13.0. The van der Waals surface area contributed by atoms with Crippen LogP contribution in [-0.2, 0) is 0 Å². The molecule has 9 aromatic carbocycles. The molecule has 0 heterocycles. The minimum Gasteiger partial charge on any atom is -0.0622 e. The van der Waals surface area contributed by atoms with Crippen LogP contribution in [0.1, 0.15) is 0 Å². The van der Waals surface area contributed by atoms with E-state index in [0.29, 0.717) is 0 Å². The zero-order valence-corrected chi connectivity index (χ0v) is 25.3. The molecule has 0 heteroatoms. The molecule has 0 bridgehead atoms. The Morgan fingerprint density at radius 3 is 1.59 bits per heavy atom. The van der Waals surface area contributed by atoms with Gasteiger partial charge < -0.3 is 0 Å². The van der Waals surface area contributed by atoms with Crippen LogP contribution in [0.25, 0.3) is 87.6 Å². The van der Waals surface area contributed by atoms with Crippen molar-refractivity contribution in [1.82, 2.24) is 0 Å². The zero-order chi connectivity index (χ0) is 30.5. The van der Waals surface area contributed by atoms with Gasteiger partial charge in [-0.3, -0.25) is 0 Å². The molecule has 0 unspecified atom stereocenters. The van der Waals surface area contributed by atoms with Crippen molar-refractivity contribution in [2.45, 2.75) is 0 Å². The summed E-state index contributed by atoms with van der Waals surface area (Å²) in [6.07, 6.45) is 0. The van der Waals surface area contributed by atoms with Gasteiger partial charge >= 0.3 is 0 Å². The molecule has 0 nitrogen and oxygen atoms in total. The number of rotatable bonds is 4. The van der Waals surface area contributed by atoms with Crippen LogP contribution in [0.15, 0.2) is 182 Å². The van der Waals surface area contributed by atoms with Crippen LogP contribution >= 0.6 is 0 Å². The average molecular weight is 583 g/mol. The second kappa shape index (κ2) is 10.9. The molecule has 0 saturated heterocycles. The van der Waals surface area contributed by atoms with E-state index in [1.165, 1.54) is 87.6 Å². The highest BCUT2D eigenvalue weighted by atomic mass is 14.2. The maximum absolute atomic E-state index is 2.40. The first-order valence-electron chi connectivity index (χ1n) is 15.9. The lowest BCUT2D eigenvalue weighted by Crippen LogP contribution is -1.92. The first-order valence-corrected chi connectivity index (χ1v) is 15.9. The van der Waals surface area contributed by atoms with E-state index >= 15 is 0 Å². The quantitative estimate of drug-likeness (QED) is 0.181. The van der Waals surface area contributed by atoms with Gasteiger partial charge in [-0.1, -0.05) is 164 Å². The minimum absolute atomic E-state index is 1.22. The van der Waals surface area contributed by atoms with Gasteiger partial charge in [0.2, 0.25) is 0 Å². The largest absolute Gasteiger partial charge is 0.0622 e. The second-order valence-corrected chi connectivity index (χ2v) is 12.1. The Kier molecular flexibility index (Phi) is 6.25. The summed E-state index contributed by atoms with van der Waals surface area (Å²) in [5.74, 6) is 0. The lowest BCUT2D eigenvalue weighted by atomic mass is 9.84. The van der Waals surface area contributed by atoms with E-state index in [-0.39, 0.29) is 0 Å². The van der Waals surface area contributed by atoms with Gasteiger partial charge in [0, 0.05) is 0 Å². The smallest absolute Gasteiger partial charge is 0.00259 e. The molecule has 0 aliphatic carbocycles. The molecule has 0 aliphatic heterocycles. The van der Waals surface area contributed by atoms with Crippen molar-refractivity contribution in [1.29, 1.82) is 0 Å². The highest BCUT2D eigenvalue weighted by molar-refractivity contribution is 6.22. The Morgan fingerprint density at radius 1 is 0.217 bits per heavy atom. The highest BCUT2D eigenvalue weighted by Crippen LogP contribution is 2.46. The summed E-state index contributed by atoms with van der Waals surface area (Å²) in [4.78, 5) is 0. The SMILES string of the molecule is c1ccc(-c2ccc3c(-c4ccc5ccccc5c4)c4ccccc4c(-c4cccc(-c5cccc6ccccc56)c4)c3c2)cc1. The maximum atomic E-state index is 2.40. The van der Waals surface area contributed by atoms with Crippen LogP contribution in [0.5, 0.6) is 0 Å². The monoisotopic (exact) mass is 582 g/mol. The van der Waals surface area contributed by atoms with Gasteiger partial charge in [-0.2, -0.15) is 0 Å². The topological polar surface area (TPSA) is 0 Å². The third-order valence-electron chi connectivity index (χ3n) is 9.42. The maximum Gasteiger partial charge on any atom is -0.00259 e. The Bertz CT molecular complexity index is 2570. The van der Waals surface area contributed by atoms with Gasteiger partial charge in [-0.15, -0.1) is 0 Å². The molecule has 0 atom stereocenters. The summed E-state index contributed by atoms with van der Waals surface area (Å²) >= 11 is 0. The molecule has 9 rings (SSSR count). The van der Waals surface area contributed by atoms with Crippen LogP contribution in [0.4, 0.5) is 0 Å². The standard InChI is InChI=1S/C46H30/c1-2-12-31(13-3-1)35-26-27-43-44(30-35)46(37-19-10-18-36(29-37)40-23-11-17-33-15-6-7-20-39(33)40)42-22-9-8-21-41(42)45(43)38-25-24-32-14-4-5-16-34(32)28-38/h1-30H. The van der Waals surface area contributed by atoms with Crippen molar-refractivity contribution in [3.05, 3.63) is 182 Å². The Hall–Kier alpha value is -5.98. The molecule has 0 saturated carbocycles. The molecule has 0 aromatic heterocycles. The summed E-state index contributed by atoms with van der Waals surface area (Å²) in [7, 11) is 0. The average Bonchev–Trinajstić information content (AvgIpc) is 3.13. The van der Waals surface area contributed by atoms with Gasteiger partial charge in [0.25, 0.3) is 0 Å². The van der Waals surface area contributed by atoms with Gasteiger partial charge in [0.05, 0.1) is 0 Å². The third-order valence-corrected chi connectivity index (χ3v) is 9.42. The summed E-state index contributed by atoms with van der Waals surface area (Å²) in [6, 6.07) is 66.6. The molecule has 214 valence electrons. The third kappa shape index (κ3) is 4.38. The zero-order valence-electron chi connectivity index (χ0n) is 25.3. The fraction of sp³-hybridized carbons (Fsp3) is 0.